The van der Waals surface area contributed by atoms with Crippen molar-refractivity contribution in [3.63, 3.8) is 0 Å². The summed E-state index contributed by atoms with van der Waals surface area (Å²) < 4.78 is 0. The predicted molar refractivity (Wildman–Crippen MR) is 67.2 cm³/mol. The van der Waals surface area contributed by atoms with E-state index in [4.69, 9.17) is 5.11 Å². The molecule has 0 aromatic carbocycles. The number of rotatable bonds is 3. The first kappa shape index (κ1) is 11.8. The van der Waals surface area contributed by atoms with E-state index in [0.717, 1.165) is 5.56 Å². The first-order valence-corrected chi connectivity index (χ1v) is 5.21. The van der Waals surface area contributed by atoms with Gasteiger partial charge in [-0.3, -0.25) is 9.78 Å². The number of carboxylic acid groups (broad SMARTS) is 1. The number of aromatic amines is 1. The van der Waals surface area contributed by atoms with Crippen LogP contribution in [0.5, 0.6) is 0 Å². The highest BCUT2D eigenvalue weighted by Gasteiger charge is 2.07. The molecule has 5 nitrogen and oxygen atoms in total. The van der Waals surface area contributed by atoms with Gasteiger partial charge in [0.15, 0.2) is 0 Å². The van der Waals surface area contributed by atoms with Crippen LogP contribution in [0.4, 0.5) is 0 Å². The van der Waals surface area contributed by atoms with Gasteiger partial charge in [-0.05, 0) is 35.9 Å². The summed E-state index contributed by atoms with van der Waals surface area (Å²) in [5, 5.41) is 8.72. The van der Waals surface area contributed by atoms with Crippen LogP contribution >= 0.6 is 0 Å². The molecule has 2 N–H and O–H groups in total. The molecule has 0 aliphatic heterocycles. The van der Waals surface area contributed by atoms with E-state index >= 15 is 0 Å². The fourth-order valence-corrected chi connectivity index (χ4v) is 1.42. The molecule has 0 bridgehead atoms. The zero-order valence-corrected chi connectivity index (χ0v) is 9.33. The van der Waals surface area contributed by atoms with Gasteiger partial charge in [-0.2, -0.15) is 0 Å². The Labute approximate surface area is 102 Å². The first-order chi connectivity index (χ1) is 8.66. The second-order valence-corrected chi connectivity index (χ2v) is 3.58. The highest BCUT2D eigenvalue weighted by molar-refractivity contribution is 5.87. The van der Waals surface area contributed by atoms with Crippen molar-refractivity contribution in [2.24, 2.45) is 0 Å². The molecule has 90 valence electrons. The van der Waals surface area contributed by atoms with Gasteiger partial charge in [-0.1, -0.05) is 6.08 Å². The number of aromatic nitrogens is 2. The third kappa shape index (κ3) is 2.70. The van der Waals surface area contributed by atoms with Crippen LogP contribution in [-0.4, -0.2) is 21.0 Å². The van der Waals surface area contributed by atoms with E-state index in [1.54, 1.807) is 30.6 Å². The molecule has 0 saturated heterocycles. The van der Waals surface area contributed by atoms with Gasteiger partial charge in [0.1, 0.15) is 5.56 Å². The Morgan fingerprint density at radius 2 is 1.89 bits per heavy atom. The molecule has 0 unspecified atom stereocenters. The Kier molecular flexibility index (Phi) is 3.33. The van der Waals surface area contributed by atoms with Crippen LogP contribution in [0.3, 0.4) is 0 Å². The summed E-state index contributed by atoms with van der Waals surface area (Å²) in [7, 11) is 0. The summed E-state index contributed by atoms with van der Waals surface area (Å²) in [5.41, 5.74) is 0.602. The number of nitrogens with one attached hydrogen (secondary N) is 1. The third-order valence-corrected chi connectivity index (χ3v) is 2.32. The zero-order chi connectivity index (χ0) is 13.0. The van der Waals surface area contributed by atoms with Crippen LogP contribution < -0.4 is 5.56 Å². The SMILES string of the molecule is O=C(O)c1ccc(/C=C/c2ccncc2)[nH]c1=O. The molecule has 2 aromatic heterocycles. The molecule has 0 spiro atoms. The van der Waals surface area contributed by atoms with E-state index in [0.29, 0.717) is 5.69 Å². The summed E-state index contributed by atoms with van der Waals surface area (Å²) in [6.45, 7) is 0. The predicted octanol–water partition coefficient (Wildman–Crippen LogP) is 1.64. The van der Waals surface area contributed by atoms with Gasteiger partial charge in [0.05, 0.1) is 0 Å². The molecule has 0 aliphatic rings. The Balaban J connectivity index is 2.26. The second-order valence-electron chi connectivity index (χ2n) is 3.58. The van der Waals surface area contributed by atoms with Crippen LogP contribution in [0.1, 0.15) is 21.6 Å². The van der Waals surface area contributed by atoms with E-state index < -0.39 is 11.5 Å². The standard InChI is InChI=1S/C13H10N2O3/c16-12-11(13(17)18)4-3-10(15-12)2-1-9-5-7-14-8-6-9/h1-8H,(H,15,16)(H,17,18)/b2-1+. The van der Waals surface area contributed by atoms with E-state index in [2.05, 4.69) is 9.97 Å². The maximum Gasteiger partial charge on any atom is 0.341 e. The Bertz CT molecular complexity index is 645. The number of carboxylic acids is 1. The minimum absolute atomic E-state index is 0.268. The summed E-state index contributed by atoms with van der Waals surface area (Å²) in [6, 6.07) is 6.47. The monoisotopic (exact) mass is 242 g/mol. The number of hydrogen-bond acceptors (Lipinski definition) is 3. The molecular formula is C13H10N2O3. The van der Waals surface area contributed by atoms with Crippen molar-refractivity contribution in [2.45, 2.75) is 0 Å². The van der Waals surface area contributed by atoms with Crippen molar-refractivity contribution < 1.29 is 9.90 Å². The van der Waals surface area contributed by atoms with Gasteiger partial charge in [0.25, 0.3) is 5.56 Å². The van der Waals surface area contributed by atoms with Crippen molar-refractivity contribution >= 4 is 18.1 Å². The summed E-state index contributed by atoms with van der Waals surface area (Å²) in [5.74, 6) is -1.24. The first-order valence-electron chi connectivity index (χ1n) is 5.21. The smallest absolute Gasteiger partial charge is 0.341 e. The largest absolute Gasteiger partial charge is 0.477 e. The molecule has 0 aliphatic carbocycles. The lowest BCUT2D eigenvalue weighted by Gasteiger charge is -1.96. The number of H-pyrrole nitrogens is 1. The average Bonchev–Trinajstić information content (AvgIpc) is 2.37. The van der Waals surface area contributed by atoms with Crippen molar-refractivity contribution in [1.82, 2.24) is 9.97 Å². The van der Waals surface area contributed by atoms with Gasteiger partial charge in [-0.15, -0.1) is 0 Å². The zero-order valence-electron chi connectivity index (χ0n) is 9.33. The van der Waals surface area contributed by atoms with E-state index in [1.165, 1.54) is 6.07 Å². The van der Waals surface area contributed by atoms with Crippen LogP contribution in [0.15, 0.2) is 41.5 Å². The average molecular weight is 242 g/mol. The number of nitrogens with zero attached hydrogens (tertiary/aromatic N) is 1. The lowest BCUT2D eigenvalue weighted by atomic mass is 10.2. The summed E-state index contributed by atoms with van der Waals surface area (Å²) in [6.07, 6.45) is 6.82. The van der Waals surface area contributed by atoms with Gasteiger partial charge in [0.2, 0.25) is 0 Å². The number of pyridine rings is 2. The van der Waals surface area contributed by atoms with Gasteiger partial charge >= 0.3 is 5.97 Å². The van der Waals surface area contributed by atoms with Gasteiger partial charge < -0.3 is 10.1 Å². The molecule has 2 rings (SSSR count). The van der Waals surface area contributed by atoms with Crippen LogP contribution in [0.25, 0.3) is 12.2 Å². The van der Waals surface area contributed by atoms with Gasteiger partial charge in [-0.25, -0.2) is 4.79 Å². The molecule has 5 heteroatoms. The number of aromatic carboxylic acids is 1. The molecule has 0 atom stereocenters. The minimum Gasteiger partial charge on any atom is -0.477 e. The van der Waals surface area contributed by atoms with E-state index in [1.807, 2.05) is 12.1 Å². The maximum absolute atomic E-state index is 11.4. The lowest BCUT2D eigenvalue weighted by molar-refractivity contribution is 0.0695. The molecule has 18 heavy (non-hydrogen) atoms. The summed E-state index contributed by atoms with van der Waals surface area (Å²) in [4.78, 5) is 28.5. The van der Waals surface area contributed by atoms with E-state index in [9.17, 15) is 9.59 Å². The Hall–Kier alpha value is -2.69. The normalized spacial score (nSPS) is 10.7. The molecule has 0 amide bonds. The fourth-order valence-electron chi connectivity index (χ4n) is 1.42. The van der Waals surface area contributed by atoms with Crippen molar-refractivity contribution in [1.29, 1.82) is 0 Å². The van der Waals surface area contributed by atoms with E-state index in [-0.39, 0.29) is 5.56 Å². The van der Waals surface area contributed by atoms with Gasteiger partial charge in [0, 0.05) is 18.1 Å². The highest BCUT2D eigenvalue weighted by atomic mass is 16.4. The molecule has 0 fully saturated rings. The Morgan fingerprint density at radius 1 is 1.17 bits per heavy atom. The highest BCUT2D eigenvalue weighted by Crippen LogP contribution is 2.04. The third-order valence-electron chi connectivity index (χ3n) is 2.32. The summed E-state index contributed by atoms with van der Waals surface area (Å²) >= 11 is 0. The van der Waals surface area contributed by atoms with Crippen molar-refractivity contribution in [2.75, 3.05) is 0 Å². The molecule has 0 saturated carbocycles. The van der Waals surface area contributed by atoms with Crippen molar-refractivity contribution in [3.8, 4) is 0 Å². The quantitative estimate of drug-likeness (QED) is 0.857. The lowest BCUT2D eigenvalue weighted by Crippen LogP contribution is -2.17. The molecule has 0 radical (unpaired) electrons. The minimum atomic E-state index is -1.24. The molecule has 2 aromatic rings. The topological polar surface area (TPSA) is 83.0 Å². The van der Waals surface area contributed by atoms with Crippen LogP contribution in [0.2, 0.25) is 0 Å². The maximum atomic E-state index is 11.4. The second kappa shape index (κ2) is 5.09. The number of hydrogen-bond donors (Lipinski definition) is 2. The Morgan fingerprint density at radius 3 is 2.50 bits per heavy atom. The fraction of sp³-hybridized carbons (Fsp3) is 0. The number of carbonyl (C=O) groups is 1. The molecular weight excluding hydrogens is 232 g/mol. The van der Waals surface area contributed by atoms with Crippen LogP contribution in [-0.2, 0) is 0 Å². The van der Waals surface area contributed by atoms with Crippen LogP contribution in [0, 0.1) is 0 Å². The molecule has 2 heterocycles. The van der Waals surface area contributed by atoms with Crippen molar-refractivity contribution in [3.05, 3.63) is 63.8 Å².